The molecule has 1 aliphatic carbocycles. The number of aromatic amines is 2. The van der Waals surface area contributed by atoms with E-state index in [0.29, 0.717) is 0 Å². The van der Waals surface area contributed by atoms with Crippen LogP contribution in [0.1, 0.15) is 50.6 Å². The minimum atomic E-state index is 0.00147. The Labute approximate surface area is 163 Å². The van der Waals surface area contributed by atoms with Crippen molar-refractivity contribution in [1.82, 2.24) is 30.4 Å². The molecule has 0 radical (unpaired) electrons. The van der Waals surface area contributed by atoms with Gasteiger partial charge in [-0.15, -0.1) is 0 Å². The zero-order valence-electron chi connectivity index (χ0n) is 16.5. The summed E-state index contributed by atoms with van der Waals surface area (Å²) in [6.07, 6.45) is 8.24. The molecule has 6 heteroatoms. The summed E-state index contributed by atoms with van der Waals surface area (Å²) >= 11 is 0. The monoisotopic (exact) mass is 372 g/mol. The van der Waals surface area contributed by atoms with E-state index >= 15 is 0 Å². The Morgan fingerprint density at radius 1 is 0.929 bits per heavy atom. The molecule has 1 aliphatic rings. The third-order valence-corrected chi connectivity index (χ3v) is 5.56. The van der Waals surface area contributed by atoms with Crippen LogP contribution in [0.15, 0.2) is 30.6 Å². The van der Waals surface area contributed by atoms with Crippen LogP contribution in [0.5, 0.6) is 0 Å². The molecule has 0 bridgehead atoms. The minimum absolute atomic E-state index is 0.00147. The number of nitrogens with zero attached hydrogens (tertiary/aromatic N) is 4. The maximum absolute atomic E-state index is 5.02. The van der Waals surface area contributed by atoms with Gasteiger partial charge in [0.2, 0.25) is 0 Å². The fourth-order valence-corrected chi connectivity index (χ4v) is 3.93. The normalized spacial score (nSPS) is 14.4. The lowest BCUT2D eigenvalue weighted by Crippen LogP contribution is -2.11. The highest BCUT2D eigenvalue weighted by atomic mass is 15.1. The van der Waals surface area contributed by atoms with E-state index in [-0.39, 0.29) is 5.41 Å². The predicted molar refractivity (Wildman–Crippen MR) is 110 cm³/mol. The zero-order chi connectivity index (χ0) is 19.3. The van der Waals surface area contributed by atoms with E-state index in [2.05, 4.69) is 58.3 Å². The molecule has 0 aromatic carbocycles. The van der Waals surface area contributed by atoms with E-state index in [1.165, 1.54) is 24.1 Å². The van der Waals surface area contributed by atoms with Crippen molar-refractivity contribution in [3.8, 4) is 22.8 Å². The molecule has 142 valence electrons. The molecule has 2 N–H and O–H groups in total. The molecule has 0 amide bonds. The molecule has 0 saturated carbocycles. The van der Waals surface area contributed by atoms with Gasteiger partial charge in [-0.25, -0.2) is 4.98 Å². The Balaban J connectivity index is 1.71. The molecular formula is C22H24N6. The van der Waals surface area contributed by atoms with Crippen LogP contribution in [0.3, 0.4) is 0 Å². The van der Waals surface area contributed by atoms with Gasteiger partial charge in [0.15, 0.2) is 0 Å². The second kappa shape index (κ2) is 6.26. The fourth-order valence-electron chi connectivity index (χ4n) is 3.93. The van der Waals surface area contributed by atoms with Crippen LogP contribution in [-0.2, 0) is 18.3 Å². The summed E-state index contributed by atoms with van der Waals surface area (Å²) in [5, 5.41) is 17.7. The first-order valence-electron chi connectivity index (χ1n) is 9.88. The molecule has 4 heterocycles. The van der Waals surface area contributed by atoms with E-state index in [9.17, 15) is 0 Å². The van der Waals surface area contributed by atoms with Gasteiger partial charge >= 0.3 is 0 Å². The van der Waals surface area contributed by atoms with E-state index in [4.69, 9.17) is 4.98 Å². The summed E-state index contributed by atoms with van der Waals surface area (Å²) in [4.78, 5) is 9.34. The van der Waals surface area contributed by atoms with Gasteiger partial charge in [0, 0.05) is 45.5 Å². The summed E-state index contributed by atoms with van der Waals surface area (Å²) in [6, 6.07) is 6.20. The van der Waals surface area contributed by atoms with Crippen molar-refractivity contribution in [2.75, 3.05) is 0 Å². The number of hydrogen-bond donors (Lipinski definition) is 2. The van der Waals surface area contributed by atoms with Crippen molar-refractivity contribution in [2.45, 2.75) is 51.9 Å². The maximum atomic E-state index is 5.02. The number of rotatable bonds is 2. The zero-order valence-corrected chi connectivity index (χ0v) is 16.5. The molecule has 0 spiro atoms. The second-order valence-corrected chi connectivity index (χ2v) is 8.61. The average Bonchev–Trinajstić information content (AvgIpc) is 3.34. The Morgan fingerprint density at radius 2 is 1.79 bits per heavy atom. The molecule has 6 nitrogen and oxygen atoms in total. The first-order chi connectivity index (χ1) is 13.5. The van der Waals surface area contributed by atoms with E-state index in [1.807, 2.05) is 12.3 Å². The summed E-state index contributed by atoms with van der Waals surface area (Å²) in [5.41, 5.74) is 7.23. The highest BCUT2D eigenvalue weighted by molar-refractivity contribution is 5.95. The highest BCUT2D eigenvalue weighted by Crippen LogP contribution is 2.34. The number of hydrogen-bond acceptors (Lipinski definition) is 4. The van der Waals surface area contributed by atoms with Crippen LogP contribution in [0, 0.1) is 0 Å². The number of H-pyrrole nitrogens is 2. The molecule has 4 aromatic rings. The lowest BCUT2D eigenvalue weighted by molar-refractivity contribution is 0.567. The number of fused-ring (bicyclic) bond motifs is 2. The molecule has 4 aromatic heterocycles. The number of aromatic nitrogens is 6. The van der Waals surface area contributed by atoms with Crippen LogP contribution in [0.4, 0.5) is 0 Å². The van der Waals surface area contributed by atoms with Crippen molar-refractivity contribution >= 4 is 10.8 Å². The van der Waals surface area contributed by atoms with Crippen LogP contribution < -0.4 is 0 Å². The Morgan fingerprint density at radius 3 is 2.61 bits per heavy atom. The number of pyridine rings is 2. The number of aryl methyl sites for hydroxylation is 1. The molecule has 0 aliphatic heterocycles. The van der Waals surface area contributed by atoms with Crippen LogP contribution in [0.25, 0.3) is 33.5 Å². The van der Waals surface area contributed by atoms with Crippen molar-refractivity contribution < 1.29 is 0 Å². The quantitative estimate of drug-likeness (QED) is 0.539. The standard InChI is InChI=1S/C22H24N6/c1-22(2,3)19-11-18(26-27-19)20-14-8-9-23-12-13(14)10-17(24-20)21-15-6-4-5-7-16(15)25-28-21/h8-12H,4-7H2,1-3H3,(H,25,28)(H,26,27). The van der Waals surface area contributed by atoms with E-state index in [0.717, 1.165) is 52.1 Å². The van der Waals surface area contributed by atoms with Crippen molar-refractivity contribution in [2.24, 2.45) is 0 Å². The van der Waals surface area contributed by atoms with Crippen molar-refractivity contribution in [3.05, 3.63) is 47.5 Å². The SMILES string of the molecule is CC(C)(C)c1cc(-c2nc(-c3n[nH]c4c3CCCC4)cc3cnccc23)n[nH]1. The topological polar surface area (TPSA) is 83.1 Å². The Hall–Kier alpha value is -3.02. The first kappa shape index (κ1) is 17.1. The van der Waals surface area contributed by atoms with Gasteiger partial charge in [-0.3, -0.25) is 15.2 Å². The maximum Gasteiger partial charge on any atom is 0.114 e. The van der Waals surface area contributed by atoms with Gasteiger partial charge in [0.1, 0.15) is 11.4 Å². The fraction of sp³-hybridized carbons (Fsp3) is 0.364. The third-order valence-electron chi connectivity index (χ3n) is 5.56. The molecule has 5 rings (SSSR count). The second-order valence-electron chi connectivity index (χ2n) is 8.61. The molecule has 28 heavy (non-hydrogen) atoms. The Kier molecular flexibility index (Phi) is 3.82. The van der Waals surface area contributed by atoms with Crippen LogP contribution >= 0.6 is 0 Å². The van der Waals surface area contributed by atoms with Crippen molar-refractivity contribution in [1.29, 1.82) is 0 Å². The van der Waals surface area contributed by atoms with Crippen LogP contribution in [0.2, 0.25) is 0 Å². The largest absolute Gasteiger partial charge is 0.282 e. The summed E-state index contributed by atoms with van der Waals surface area (Å²) in [7, 11) is 0. The molecular weight excluding hydrogens is 348 g/mol. The van der Waals surface area contributed by atoms with Gasteiger partial charge in [-0.1, -0.05) is 20.8 Å². The number of nitrogens with one attached hydrogen (secondary N) is 2. The van der Waals surface area contributed by atoms with Crippen molar-refractivity contribution in [3.63, 3.8) is 0 Å². The first-order valence-corrected chi connectivity index (χ1v) is 9.88. The summed E-state index contributed by atoms with van der Waals surface area (Å²) < 4.78 is 0. The van der Waals surface area contributed by atoms with Gasteiger partial charge in [-0.05, 0) is 43.9 Å². The molecule has 0 fully saturated rings. The van der Waals surface area contributed by atoms with Gasteiger partial charge in [-0.2, -0.15) is 10.2 Å². The lowest BCUT2D eigenvalue weighted by Gasteiger charge is -2.14. The average molecular weight is 372 g/mol. The third kappa shape index (κ3) is 2.80. The van der Waals surface area contributed by atoms with Gasteiger partial charge in [0.25, 0.3) is 0 Å². The smallest absolute Gasteiger partial charge is 0.114 e. The van der Waals surface area contributed by atoms with Gasteiger partial charge < -0.3 is 0 Å². The molecule has 0 atom stereocenters. The molecule has 0 saturated heterocycles. The predicted octanol–water partition coefficient (Wildman–Crippen LogP) is 4.59. The minimum Gasteiger partial charge on any atom is -0.282 e. The van der Waals surface area contributed by atoms with Crippen LogP contribution in [-0.4, -0.2) is 30.4 Å². The van der Waals surface area contributed by atoms with Gasteiger partial charge in [0.05, 0.1) is 11.4 Å². The Bertz CT molecular complexity index is 1160. The summed E-state index contributed by atoms with van der Waals surface area (Å²) in [5.74, 6) is 0. The lowest BCUT2D eigenvalue weighted by atomic mass is 9.92. The summed E-state index contributed by atoms with van der Waals surface area (Å²) in [6.45, 7) is 6.52. The highest BCUT2D eigenvalue weighted by Gasteiger charge is 2.22. The molecule has 0 unspecified atom stereocenters. The van der Waals surface area contributed by atoms with E-state index in [1.54, 1.807) is 6.20 Å². The van der Waals surface area contributed by atoms with E-state index < -0.39 is 0 Å².